The third-order valence-electron chi connectivity index (χ3n) is 6.53. The molecular formula is C25H30N4O5. The van der Waals surface area contributed by atoms with Gasteiger partial charge in [-0.3, -0.25) is 14.4 Å². The van der Waals surface area contributed by atoms with Gasteiger partial charge in [0.25, 0.3) is 17.4 Å². The van der Waals surface area contributed by atoms with Crippen LogP contribution in [0.25, 0.3) is 0 Å². The molecule has 0 fully saturated rings. The zero-order valence-corrected chi connectivity index (χ0v) is 20.2. The number of carbonyl (C=O) groups is 2. The van der Waals surface area contributed by atoms with E-state index in [2.05, 4.69) is 4.98 Å². The summed E-state index contributed by atoms with van der Waals surface area (Å²) in [5.74, 6) is 0.493. The van der Waals surface area contributed by atoms with Crippen LogP contribution in [0.1, 0.15) is 56.5 Å². The Bertz CT molecular complexity index is 1270. The number of ether oxygens (including phenoxy) is 1. The van der Waals surface area contributed by atoms with Gasteiger partial charge in [0.05, 0.1) is 19.4 Å². The SMILES string of the molecule is COc1cc(=O)n2c(c1C(=O)N(C)[C@@H](C)c1ccco1)CCN(C(=O)c1[nH]c(C)cc1C)CC2. The molecule has 1 atom stereocenters. The molecular weight excluding hydrogens is 436 g/mol. The van der Waals surface area contributed by atoms with Crippen molar-refractivity contribution in [1.82, 2.24) is 19.4 Å². The number of pyridine rings is 1. The van der Waals surface area contributed by atoms with Crippen molar-refractivity contribution in [2.45, 2.75) is 39.8 Å². The Kier molecular flexibility index (Phi) is 6.37. The molecule has 0 radical (unpaired) electrons. The molecule has 1 aliphatic rings. The number of nitrogens with one attached hydrogen (secondary N) is 1. The van der Waals surface area contributed by atoms with Gasteiger partial charge in [0.2, 0.25) is 0 Å². The van der Waals surface area contributed by atoms with Crippen molar-refractivity contribution in [2.24, 2.45) is 0 Å². The molecule has 0 unspecified atom stereocenters. The highest BCUT2D eigenvalue weighted by atomic mass is 16.5. The number of methoxy groups -OCH3 is 1. The van der Waals surface area contributed by atoms with Crippen LogP contribution in [-0.2, 0) is 13.0 Å². The molecule has 4 rings (SSSR count). The second-order valence-corrected chi connectivity index (χ2v) is 8.68. The lowest BCUT2D eigenvalue weighted by molar-refractivity contribution is 0.0720. The van der Waals surface area contributed by atoms with Crippen molar-refractivity contribution in [3.8, 4) is 5.75 Å². The minimum Gasteiger partial charge on any atom is -0.496 e. The minimum absolute atomic E-state index is 0.116. The van der Waals surface area contributed by atoms with Crippen LogP contribution in [0, 0.1) is 13.8 Å². The van der Waals surface area contributed by atoms with Crippen molar-refractivity contribution < 1.29 is 18.7 Å². The number of fused-ring (bicyclic) bond motifs is 1. The monoisotopic (exact) mass is 466 g/mol. The standard InChI is InChI=1S/C25H30N4O5/c1-15-13-16(2)26-23(15)25(32)28-9-8-18-22(20(33-5)14-21(30)29(18)11-10-28)24(31)27(4)17(3)19-7-6-12-34-19/h6-7,12-14,17,26H,8-11H2,1-5H3/t17-/m0/s1. The highest BCUT2D eigenvalue weighted by Crippen LogP contribution is 2.28. The molecule has 0 aromatic carbocycles. The zero-order chi connectivity index (χ0) is 24.6. The van der Waals surface area contributed by atoms with Crippen molar-refractivity contribution in [2.75, 3.05) is 27.2 Å². The minimum atomic E-state index is -0.317. The molecule has 0 bridgehead atoms. The average molecular weight is 467 g/mol. The van der Waals surface area contributed by atoms with Gasteiger partial charge in [-0.05, 0) is 44.5 Å². The van der Waals surface area contributed by atoms with E-state index in [0.29, 0.717) is 48.8 Å². The number of hydrogen-bond acceptors (Lipinski definition) is 5. The van der Waals surface area contributed by atoms with Crippen LogP contribution >= 0.6 is 0 Å². The van der Waals surface area contributed by atoms with E-state index in [9.17, 15) is 14.4 Å². The average Bonchev–Trinajstić information content (AvgIpc) is 3.41. The molecule has 0 spiro atoms. The molecule has 1 aliphatic heterocycles. The number of furan rings is 1. The summed E-state index contributed by atoms with van der Waals surface area (Å²) in [7, 11) is 3.14. The first-order valence-corrected chi connectivity index (χ1v) is 11.3. The molecule has 9 heteroatoms. The van der Waals surface area contributed by atoms with Crippen molar-refractivity contribution in [3.63, 3.8) is 0 Å². The number of aromatic amines is 1. The smallest absolute Gasteiger partial charge is 0.270 e. The molecule has 0 saturated heterocycles. The first kappa shape index (κ1) is 23.4. The largest absolute Gasteiger partial charge is 0.496 e. The Labute approximate surface area is 197 Å². The first-order chi connectivity index (χ1) is 16.2. The van der Waals surface area contributed by atoms with E-state index in [1.54, 1.807) is 33.7 Å². The van der Waals surface area contributed by atoms with Crippen LogP contribution < -0.4 is 10.3 Å². The summed E-state index contributed by atoms with van der Waals surface area (Å²) in [6.45, 7) is 6.71. The topological polar surface area (TPSA) is 101 Å². The third kappa shape index (κ3) is 4.13. The number of carbonyl (C=O) groups excluding carboxylic acids is 2. The van der Waals surface area contributed by atoms with Crippen LogP contribution in [0.5, 0.6) is 5.75 Å². The van der Waals surface area contributed by atoms with Gasteiger partial charge in [-0.25, -0.2) is 0 Å². The predicted molar refractivity (Wildman–Crippen MR) is 126 cm³/mol. The molecule has 180 valence electrons. The van der Waals surface area contributed by atoms with Crippen molar-refractivity contribution >= 4 is 11.8 Å². The maximum atomic E-state index is 13.6. The van der Waals surface area contributed by atoms with Gasteiger partial charge in [0.15, 0.2) is 0 Å². The molecule has 3 aromatic heterocycles. The van der Waals surface area contributed by atoms with E-state index in [1.165, 1.54) is 13.2 Å². The summed E-state index contributed by atoms with van der Waals surface area (Å²) < 4.78 is 12.5. The molecule has 0 aliphatic carbocycles. The summed E-state index contributed by atoms with van der Waals surface area (Å²) in [6, 6.07) is 6.55. The van der Waals surface area contributed by atoms with Crippen LogP contribution in [0.2, 0.25) is 0 Å². The predicted octanol–water partition coefficient (Wildman–Crippen LogP) is 2.93. The van der Waals surface area contributed by atoms with Gasteiger partial charge in [-0.2, -0.15) is 0 Å². The number of nitrogens with zero attached hydrogens (tertiary/aromatic N) is 3. The van der Waals surface area contributed by atoms with E-state index in [1.807, 2.05) is 32.9 Å². The maximum Gasteiger partial charge on any atom is 0.270 e. The van der Waals surface area contributed by atoms with Gasteiger partial charge in [-0.15, -0.1) is 0 Å². The fourth-order valence-corrected chi connectivity index (χ4v) is 4.52. The normalized spacial score (nSPS) is 14.3. The summed E-state index contributed by atoms with van der Waals surface area (Å²) in [5.41, 5.74) is 3.00. The van der Waals surface area contributed by atoms with Gasteiger partial charge in [0, 0.05) is 50.6 Å². The van der Waals surface area contributed by atoms with Gasteiger partial charge in [-0.1, -0.05) is 0 Å². The molecule has 9 nitrogen and oxygen atoms in total. The Morgan fingerprint density at radius 2 is 1.97 bits per heavy atom. The Balaban J connectivity index is 1.68. The molecule has 34 heavy (non-hydrogen) atoms. The van der Waals surface area contributed by atoms with E-state index >= 15 is 0 Å². The molecule has 1 N–H and O–H groups in total. The number of H-pyrrole nitrogens is 1. The highest BCUT2D eigenvalue weighted by Gasteiger charge is 2.31. The van der Waals surface area contributed by atoms with Gasteiger partial charge >= 0.3 is 0 Å². The molecule has 3 aromatic rings. The maximum absolute atomic E-state index is 13.6. The van der Waals surface area contributed by atoms with E-state index in [0.717, 1.165) is 11.3 Å². The van der Waals surface area contributed by atoms with Gasteiger partial charge < -0.3 is 28.5 Å². The second kappa shape index (κ2) is 9.24. The van der Waals surface area contributed by atoms with Crippen molar-refractivity contribution in [1.29, 1.82) is 0 Å². The van der Waals surface area contributed by atoms with E-state index in [-0.39, 0.29) is 29.2 Å². The Morgan fingerprint density at radius 3 is 2.59 bits per heavy atom. The van der Waals surface area contributed by atoms with E-state index < -0.39 is 0 Å². The quantitative estimate of drug-likeness (QED) is 0.623. The van der Waals surface area contributed by atoms with E-state index in [4.69, 9.17) is 9.15 Å². The Hall–Kier alpha value is -3.75. The summed E-state index contributed by atoms with van der Waals surface area (Å²) in [4.78, 5) is 46.2. The lowest BCUT2D eigenvalue weighted by Crippen LogP contribution is -2.35. The molecule has 0 saturated carbocycles. The summed E-state index contributed by atoms with van der Waals surface area (Å²) >= 11 is 0. The Morgan fingerprint density at radius 1 is 1.21 bits per heavy atom. The molecule has 4 heterocycles. The van der Waals surface area contributed by atoms with Crippen LogP contribution in [0.4, 0.5) is 0 Å². The van der Waals surface area contributed by atoms with Crippen LogP contribution in [0.3, 0.4) is 0 Å². The highest BCUT2D eigenvalue weighted by molar-refractivity contribution is 5.98. The fourth-order valence-electron chi connectivity index (χ4n) is 4.52. The number of aromatic nitrogens is 2. The first-order valence-electron chi connectivity index (χ1n) is 11.3. The lowest BCUT2D eigenvalue weighted by Gasteiger charge is -2.26. The second-order valence-electron chi connectivity index (χ2n) is 8.68. The number of hydrogen-bond donors (Lipinski definition) is 1. The van der Waals surface area contributed by atoms with Crippen LogP contribution in [-0.4, -0.2) is 58.4 Å². The molecule has 2 amide bonds. The number of aryl methyl sites for hydroxylation is 2. The van der Waals surface area contributed by atoms with Crippen molar-refractivity contribution in [3.05, 3.63) is 74.9 Å². The van der Waals surface area contributed by atoms with Gasteiger partial charge in [0.1, 0.15) is 22.8 Å². The lowest BCUT2D eigenvalue weighted by atomic mass is 10.1. The number of rotatable bonds is 5. The zero-order valence-electron chi connectivity index (χ0n) is 20.2. The summed E-state index contributed by atoms with van der Waals surface area (Å²) in [6.07, 6.45) is 1.92. The summed E-state index contributed by atoms with van der Waals surface area (Å²) in [5, 5.41) is 0. The van der Waals surface area contributed by atoms with Crippen LogP contribution in [0.15, 0.2) is 39.7 Å². The third-order valence-corrected chi connectivity index (χ3v) is 6.53. The number of amides is 2. The fraction of sp³-hybridized carbons (Fsp3) is 0.400.